The van der Waals surface area contributed by atoms with E-state index >= 15 is 0 Å². The van der Waals surface area contributed by atoms with E-state index in [1.54, 1.807) is 0 Å². The molecule has 2 heteroatoms. The monoisotopic (exact) mass is 257 g/mol. The van der Waals surface area contributed by atoms with E-state index in [9.17, 15) is 5.11 Å². The summed E-state index contributed by atoms with van der Waals surface area (Å²) in [5, 5.41) is 18.7. The zero-order chi connectivity index (χ0) is 13.7. The maximum absolute atomic E-state index is 10.0. The molecule has 0 amide bonds. The van der Waals surface area contributed by atoms with E-state index in [0.717, 1.165) is 44.9 Å². The van der Waals surface area contributed by atoms with E-state index in [2.05, 4.69) is 13.8 Å². The highest BCUT2D eigenvalue weighted by Crippen LogP contribution is 2.21. The van der Waals surface area contributed by atoms with Crippen LogP contribution in [0.5, 0.6) is 0 Å². The second kappa shape index (κ2) is 12.0. The van der Waals surface area contributed by atoms with Gasteiger partial charge in [0.15, 0.2) is 0 Å². The van der Waals surface area contributed by atoms with Crippen molar-refractivity contribution in [1.82, 2.24) is 0 Å². The molecular weight excluding hydrogens is 224 g/mol. The molecule has 0 aliphatic carbocycles. The van der Waals surface area contributed by atoms with Crippen molar-refractivity contribution in [1.29, 1.82) is 0 Å². The molecule has 0 saturated heterocycles. The summed E-state index contributed by atoms with van der Waals surface area (Å²) in [5.74, 6) is 0. The first-order valence-electron chi connectivity index (χ1n) is 7.81. The fraction of sp³-hybridized carbons (Fsp3) is 0.938. The molecule has 0 aromatic rings. The number of hydrogen-bond acceptors (Lipinski definition) is 2. The Bertz CT molecular complexity index is 166. The first kappa shape index (κ1) is 17.9. The van der Waals surface area contributed by atoms with E-state index in [4.69, 9.17) is 5.11 Å². The van der Waals surface area contributed by atoms with Crippen LogP contribution in [0.25, 0.3) is 0 Å². The Balaban J connectivity index is 3.23. The van der Waals surface area contributed by atoms with E-state index in [-0.39, 0.29) is 0 Å². The second-order valence-electron chi connectivity index (χ2n) is 5.63. The fourth-order valence-electron chi connectivity index (χ4n) is 2.26. The van der Waals surface area contributed by atoms with Gasteiger partial charge < -0.3 is 10.2 Å². The van der Waals surface area contributed by atoms with Gasteiger partial charge in [-0.2, -0.15) is 0 Å². The molecule has 0 bridgehead atoms. The topological polar surface area (TPSA) is 40.5 Å². The zero-order valence-electron chi connectivity index (χ0n) is 12.3. The van der Waals surface area contributed by atoms with Gasteiger partial charge in [-0.1, -0.05) is 64.7 Å². The minimum atomic E-state index is -0.683. The highest BCUT2D eigenvalue weighted by molar-refractivity contribution is 4.80. The van der Waals surface area contributed by atoms with Crippen LogP contribution < -0.4 is 0 Å². The molecule has 109 valence electrons. The average molecular weight is 257 g/mol. The third-order valence-corrected chi connectivity index (χ3v) is 3.55. The maximum Gasteiger partial charge on any atom is 0.0648 e. The summed E-state index contributed by atoms with van der Waals surface area (Å²) >= 11 is 0. The van der Waals surface area contributed by atoms with Gasteiger partial charge >= 0.3 is 0 Å². The maximum atomic E-state index is 10.0. The van der Waals surface area contributed by atoms with Crippen LogP contribution in [0.4, 0.5) is 0 Å². The second-order valence-corrected chi connectivity index (χ2v) is 5.63. The molecule has 0 fully saturated rings. The van der Waals surface area contributed by atoms with Crippen molar-refractivity contribution >= 4 is 0 Å². The van der Waals surface area contributed by atoms with E-state index < -0.39 is 5.60 Å². The van der Waals surface area contributed by atoms with Crippen LogP contribution in [0.15, 0.2) is 0 Å². The van der Waals surface area contributed by atoms with Crippen molar-refractivity contribution in [3.63, 3.8) is 0 Å². The van der Waals surface area contributed by atoms with Crippen molar-refractivity contribution in [3.8, 4) is 0 Å². The fourth-order valence-corrected chi connectivity index (χ4v) is 2.26. The van der Waals surface area contributed by atoms with Gasteiger partial charge in [-0.3, -0.25) is 0 Å². The Labute approximate surface area is 114 Å². The Morgan fingerprint density at radius 2 is 1.22 bits per heavy atom. The number of hydrogen-bond donors (Lipinski definition) is 2. The van der Waals surface area contributed by atoms with Crippen molar-refractivity contribution < 1.29 is 10.2 Å². The molecule has 0 heterocycles. The van der Waals surface area contributed by atoms with Crippen LogP contribution in [0.3, 0.4) is 0 Å². The van der Waals surface area contributed by atoms with Gasteiger partial charge in [0, 0.05) is 6.61 Å². The van der Waals surface area contributed by atoms with Gasteiger partial charge in [-0.05, 0) is 26.2 Å². The van der Waals surface area contributed by atoms with Crippen molar-refractivity contribution in [3.05, 3.63) is 6.92 Å². The van der Waals surface area contributed by atoms with Gasteiger partial charge in [-0.15, -0.1) is 0 Å². The van der Waals surface area contributed by atoms with Crippen molar-refractivity contribution in [2.45, 2.75) is 89.6 Å². The van der Waals surface area contributed by atoms with E-state index in [1.807, 2.05) is 0 Å². The Morgan fingerprint density at radius 1 is 0.778 bits per heavy atom. The average Bonchev–Trinajstić information content (AvgIpc) is 2.34. The molecule has 1 unspecified atom stereocenters. The molecule has 0 spiro atoms. The minimum Gasteiger partial charge on any atom is -0.396 e. The van der Waals surface area contributed by atoms with Crippen LogP contribution in [0.2, 0.25) is 0 Å². The van der Waals surface area contributed by atoms with Gasteiger partial charge in [-0.25, -0.2) is 0 Å². The standard InChI is InChI=1S/C16H33O2/c1-3-4-13-16(2,18)14-11-9-7-5-6-8-10-12-15-17/h17-18H,2-15H2,1H3. The lowest BCUT2D eigenvalue weighted by Gasteiger charge is -2.22. The summed E-state index contributed by atoms with van der Waals surface area (Å²) < 4.78 is 0. The first-order valence-corrected chi connectivity index (χ1v) is 7.81. The van der Waals surface area contributed by atoms with Crippen LogP contribution in [0, 0.1) is 6.92 Å². The Kier molecular flexibility index (Phi) is 11.9. The summed E-state index contributed by atoms with van der Waals surface area (Å²) in [6.45, 7) is 6.39. The number of aliphatic hydroxyl groups excluding tert-OH is 1. The lowest BCUT2D eigenvalue weighted by atomic mass is 9.92. The molecule has 0 saturated carbocycles. The number of unbranched alkanes of at least 4 members (excludes halogenated alkanes) is 8. The van der Waals surface area contributed by atoms with Crippen molar-refractivity contribution in [2.24, 2.45) is 0 Å². The van der Waals surface area contributed by atoms with Crippen LogP contribution in [-0.4, -0.2) is 22.4 Å². The highest BCUT2D eigenvalue weighted by Gasteiger charge is 2.18. The minimum absolute atomic E-state index is 0.333. The predicted molar refractivity (Wildman–Crippen MR) is 78.5 cm³/mol. The number of aliphatic hydroxyl groups is 2. The molecule has 0 aromatic carbocycles. The molecule has 1 radical (unpaired) electrons. The molecular formula is C16H33O2. The van der Waals surface area contributed by atoms with E-state index in [1.165, 1.54) is 32.1 Å². The van der Waals surface area contributed by atoms with Crippen molar-refractivity contribution in [2.75, 3.05) is 6.61 Å². The van der Waals surface area contributed by atoms with Crippen LogP contribution >= 0.6 is 0 Å². The summed E-state index contributed by atoms with van der Waals surface area (Å²) in [6, 6.07) is 0. The van der Waals surface area contributed by atoms with Gasteiger partial charge in [0.1, 0.15) is 0 Å². The zero-order valence-corrected chi connectivity index (χ0v) is 12.3. The van der Waals surface area contributed by atoms with Crippen LogP contribution in [-0.2, 0) is 0 Å². The lowest BCUT2D eigenvalue weighted by molar-refractivity contribution is 0.0639. The summed E-state index contributed by atoms with van der Waals surface area (Å²) in [6.07, 6.45) is 13.4. The SMILES string of the molecule is [CH2]C(O)(CCCC)CCCCCCCCCCO. The molecule has 0 aliphatic rings. The molecule has 2 nitrogen and oxygen atoms in total. The van der Waals surface area contributed by atoms with Crippen LogP contribution in [0.1, 0.15) is 84.0 Å². The third-order valence-electron chi connectivity index (χ3n) is 3.55. The summed E-state index contributed by atoms with van der Waals surface area (Å²) in [7, 11) is 0. The Morgan fingerprint density at radius 3 is 1.72 bits per heavy atom. The summed E-state index contributed by atoms with van der Waals surface area (Å²) in [4.78, 5) is 0. The lowest BCUT2D eigenvalue weighted by Crippen LogP contribution is -2.24. The molecule has 1 atom stereocenters. The smallest absolute Gasteiger partial charge is 0.0648 e. The highest BCUT2D eigenvalue weighted by atomic mass is 16.3. The molecule has 0 aromatic heterocycles. The van der Waals surface area contributed by atoms with Gasteiger partial charge in [0.2, 0.25) is 0 Å². The Hall–Kier alpha value is -0.0800. The quantitative estimate of drug-likeness (QED) is 0.484. The largest absolute Gasteiger partial charge is 0.396 e. The predicted octanol–water partition coefficient (Wildman–Crippen LogP) is 4.24. The third kappa shape index (κ3) is 12.4. The first-order chi connectivity index (χ1) is 8.62. The number of rotatable bonds is 13. The van der Waals surface area contributed by atoms with Gasteiger partial charge in [0.05, 0.1) is 5.60 Å². The summed E-state index contributed by atoms with van der Waals surface area (Å²) in [5.41, 5.74) is -0.683. The normalized spacial score (nSPS) is 14.7. The van der Waals surface area contributed by atoms with Gasteiger partial charge in [0.25, 0.3) is 0 Å². The molecule has 18 heavy (non-hydrogen) atoms. The van der Waals surface area contributed by atoms with E-state index in [0.29, 0.717) is 6.61 Å². The molecule has 2 N–H and O–H groups in total. The molecule has 0 aliphatic heterocycles. The molecule has 0 rings (SSSR count).